The first kappa shape index (κ1) is 31.4. The zero-order chi connectivity index (χ0) is 30.3. The Morgan fingerprint density at radius 2 is 1.12 bits per heavy atom. The number of nitrogens with zero attached hydrogens (tertiary/aromatic N) is 6. The molecular formula is C31H32N6O2S4. The molecule has 8 nitrogen and oxygen atoms in total. The topological polar surface area (TPSA) is 107 Å². The Kier molecular flexibility index (Phi) is 10.7. The molecule has 0 saturated carbocycles. The quantitative estimate of drug-likeness (QED) is 0.156. The van der Waals surface area contributed by atoms with Crippen LogP contribution in [0.2, 0.25) is 0 Å². The number of thioether (sulfide) groups is 2. The fourth-order valence-corrected chi connectivity index (χ4v) is 8.84. The minimum absolute atomic E-state index is 0.0618. The van der Waals surface area contributed by atoms with Gasteiger partial charge in [0.25, 0.3) is 0 Å². The SMILES string of the molecule is CO[C@H](c1ncc(C)cn1)[C@H](C)Sc1nc2ccccc2s1.Cc1cnc([C@@H](O)[C@H](C)Sc2nc3ccccc3s2)nc1. The first-order valence-corrected chi connectivity index (χ1v) is 17.0. The Morgan fingerprint density at radius 3 is 1.58 bits per heavy atom. The van der Waals surface area contributed by atoms with E-state index in [0.29, 0.717) is 11.6 Å². The van der Waals surface area contributed by atoms with Gasteiger partial charge in [-0.1, -0.05) is 47.8 Å². The van der Waals surface area contributed by atoms with Crippen LogP contribution in [0.5, 0.6) is 0 Å². The predicted molar refractivity (Wildman–Crippen MR) is 178 cm³/mol. The highest BCUT2D eigenvalue weighted by Gasteiger charge is 2.24. The van der Waals surface area contributed by atoms with E-state index in [-0.39, 0.29) is 16.6 Å². The Hall–Kier alpha value is -3.00. The maximum Gasteiger partial charge on any atom is 0.158 e. The fourth-order valence-electron chi connectivity index (χ4n) is 4.07. The van der Waals surface area contributed by atoms with Crippen LogP contribution in [0.3, 0.4) is 0 Å². The first-order valence-electron chi connectivity index (χ1n) is 13.6. The number of hydrogen-bond donors (Lipinski definition) is 1. The van der Waals surface area contributed by atoms with E-state index in [2.05, 4.69) is 49.0 Å². The number of para-hydroxylation sites is 2. The number of aryl methyl sites for hydroxylation is 2. The van der Waals surface area contributed by atoms with E-state index in [0.717, 1.165) is 35.5 Å². The molecule has 0 spiro atoms. The van der Waals surface area contributed by atoms with Gasteiger partial charge >= 0.3 is 0 Å². The molecule has 4 heterocycles. The predicted octanol–water partition coefficient (Wildman–Crippen LogP) is 7.87. The number of methoxy groups -OCH3 is 1. The number of aromatic nitrogens is 6. The summed E-state index contributed by atoms with van der Waals surface area (Å²) in [6.45, 7) is 7.99. The van der Waals surface area contributed by atoms with Gasteiger partial charge in [0.1, 0.15) is 12.2 Å². The van der Waals surface area contributed by atoms with Gasteiger partial charge in [0, 0.05) is 42.4 Å². The van der Waals surface area contributed by atoms with Crippen LogP contribution in [0.4, 0.5) is 0 Å². The smallest absolute Gasteiger partial charge is 0.158 e. The van der Waals surface area contributed by atoms with Gasteiger partial charge in [-0.2, -0.15) is 0 Å². The molecule has 1 N–H and O–H groups in total. The van der Waals surface area contributed by atoms with E-state index in [1.807, 2.05) is 69.6 Å². The van der Waals surface area contributed by atoms with Gasteiger partial charge in [-0.05, 0) is 63.1 Å². The second-order valence-corrected chi connectivity index (χ2v) is 15.2. The molecular weight excluding hydrogens is 617 g/mol. The van der Waals surface area contributed by atoms with Crippen LogP contribution < -0.4 is 0 Å². The lowest BCUT2D eigenvalue weighted by Crippen LogP contribution is -2.17. The summed E-state index contributed by atoms with van der Waals surface area (Å²) in [4.78, 5) is 26.4. The third-order valence-electron chi connectivity index (χ3n) is 6.37. The monoisotopic (exact) mass is 648 g/mol. The van der Waals surface area contributed by atoms with E-state index in [1.165, 1.54) is 4.70 Å². The van der Waals surface area contributed by atoms with Crippen LogP contribution in [0.1, 0.15) is 48.8 Å². The van der Waals surface area contributed by atoms with Gasteiger partial charge in [-0.25, -0.2) is 29.9 Å². The summed E-state index contributed by atoms with van der Waals surface area (Å²) in [7, 11) is 1.70. The van der Waals surface area contributed by atoms with Crippen LogP contribution >= 0.6 is 46.2 Å². The highest BCUT2D eigenvalue weighted by atomic mass is 32.2. The van der Waals surface area contributed by atoms with Crippen LogP contribution in [-0.4, -0.2) is 52.6 Å². The molecule has 0 fully saturated rings. The van der Waals surface area contributed by atoms with E-state index in [9.17, 15) is 5.11 Å². The number of benzene rings is 2. The normalized spacial score (nSPS) is 14.2. The van der Waals surface area contributed by atoms with E-state index in [1.54, 1.807) is 65.7 Å². The average molecular weight is 649 g/mol. The molecule has 0 aliphatic heterocycles. The minimum Gasteiger partial charge on any atom is -0.384 e. The molecule has 0 saturated heterocycles. The van der Waals surface area contributed by atoms with Crippen molar-refractivity contribution < 1.29 is 9.84 Å². The summed E-state index contributed by atoms with van der Waals surface area (Å²) in [6, 6.07) is 16.2. The number of hydrogen-bond acceptors (Lipinski definition) is 12. The van der Waals surface area contributed by atoms with Gasteiger partial charge in [-0.15, -0.1) is 22.7 Å². The molecule has 12 heteroatoms. The minimum atomic E-state index is -0.706. The van der Waals surface area contributed by atoms with Crippen molar-refractivity contribution in [3.05, 3.63) is 96.1 Å². The van der Waals surface area contributed by atoms with Crippen LogP contribution in [0.25, 0.3) is 20.4 Å². The summed E-state index contributed by atoms with van der Waals surface area (Å²) < 4.78 is 9.98. The maximum atomic E-state index is 10.3. The fraction of sp³-hybridized carbons (Fsp3) is 0.290. The maximum absolute atomic E-state index is 10.3. The molecule has 0 unspecified atom stereocenters. The highest BCUT2D eigenvalue weighted by Crippen LogP contribution is 2.37. The van der Waals surface area contributed by atoms with Crippen LogP contribution in [0, 0.1) is 13.8 Å². The largest absolute Gasteiger partial charge is 0.384 e. The van der Waals surface area contributed by atoms with Crippen molar-refractivity contribution in [1.29, 1.82) is 0 Å². The Bertz CT molecular complexity index is 1690. The summed E-state index contributed by atoms with van der Waals surface area (Å²) in [5.74, 6) is 1.18. The number of fused-ring (bicyclic) bond motifs is 2. The summed E-state index contributed by atoms with van der Waals surface area (Å²) in [5, 5.41) is 10.5. The molecule has 0 bridgehead atoms. The molecule has 0 aliphatic rings. The second kappa shape index (κ2) is 14.7. The zero-order valence-electron chi connectivity index (χ0n) is 24.4. The number of ether oxygens (including phenoxy) is 1. The molecule has 0 amide bonds. The molecule has 2 aromatic carbocycles. The van der Waals surface area contributed by atoms with Crippen molar-refractivity contribution in [2.24, 2.45) is 0 Å². The summed E-state index contributed by atoms with van der Waals surface area (Å²) in [5.41, 5.74) is 4.07. The molecule has 6 rings (SSSR count). The van der Waals surface area contributed by atoms with Gasteiger partial charge in [0.2, 0.25) is 0 Å². The van der Waals surface area contributed by atoms with Crippen LogP contribution in [-0.2, 0) is 4.74 Å². The number of thiazole rings is 2. The van der Waals surface area contributed by atoms with E-state index < -0.39 is 6.10 Å². The molecule has 6 aromatic rings. The van der Waals surface area contributed by atoms with Crippen molar-refractivity contribution >= 4 is 66.6 Å². The Morgan fingerprint density at radius 1 is 0.674 bits per heavy atom. The lowest BCUT2D eigenvalue weighted by molar-refractivity contribution is 0.0971. The highest BCUT2D eigenvalue weighted by molar-refractivity contribution is 8.02. The standard InChI is InChI=1S/C16H17N3OS2.C15H15N3OS2/c1-10-8-17-15(18-9-10)14(20-3)11(2)21-16-19-12-6-4-5-7-13(12)22-16;1-9-7-16-14(17-8-9)13(19)10(2)20-15-18-11-5-3-4-6-12(11)21-15/h4-9,11,14H,1-3H3;3-8,10,13,19H,1-2H3/t11-,14-;10-,13-/m00/s1. The Labute approximate surface area is 267 Å². The molecule has 0 aliphatic carbocycles. The van der Waals surface area contributed by atoms with E-state index in [4.69, 9.17) is 4.74 Å². The first-order chi connectivity index (χ1) is 20.8. The van der Waals surface area contributed by atoms with Crippen molar-refractivity contribution in [3.8, 4) is 0 Å². The summed E-state index contributed by atoms with van der Waals surface area (Å²) >= 11 is 6.60. The molecule has 0 radical (unpaired) electrons. The molecule has 222 valence electrons. The van der Waals surface area contributed by atoms with Crippen molar-refractivity contribution in [2.45, 2.75) is 59.1 Å². The molecule has 43 heavy (non-hydrogen) atoms. The van der Waals surface area contributed by atoms with Crippen LogP contribution in [0.15, 0.2) is 82.0 Å². The average Bonchev–Trinajstić information content (AvgIpc) is 3.61. The number of rotatable bonds is 9. The summed E-state index contributed by atoms with van der Waals surface area (Å²) in [6.07, 6.45) is 6.23. The van der Waals surface area contributed by atoms with Crippen molar-refractivity contribution in [1.82, 2.24) is 29.9 Å². The lowest BCUT2D eigenvalue weighted by atomic mass is 10.2. The lowest BCUT2D eigenvalue weighted by Gasteiger charge is -2.19. The van der Waals surface area contributed by atoms with Crippen molar-refractivity contribution in [3.63, 3.8) is 0 Å². The van der Waals surface area contributed by atoms with E-state index >= 15 is 0 Å². The second-order valence-electron chi connectivity index (χ2n) is 9.88. The molecule has 4 atom stereocenters. The van der Waals surface area contributed by atoms with Crippen molar-refractivity contribution in [2.75, 3.05) is 7.11 Å². The Balaban J connectivity index is 0.000000171. The van der Waals surface area contributed by atoms with Gasteiger partial charge in [0.05, 0.1) is 20.4 Å². The zero-order valence-corrected chi connectivity index (χ0v) is 27.7. The molecule has 4 aromatic heterocycles. The third kappa shape index (κ3) is 8.14. The van der Waals surface area contributed by atoms with Gasteiger partial charge < -0.3 is 9.84 Å². The number of aliphatic hydroxyl groups excluding tert-OH is 1. The number of aliphatic hydroxyl groups is 1. The van der Waals surface area contributed by atoms with Gasteiger partial charge in [-0.3, -0.25) is 0 Å². The third-order valence-corrected chi connectivity index (χ3v) is 10.9. The van der Waals surface area contributed by atoms with Gasteiger partial charge in [0.15, 0.2) is 20.3 Å².